The number of rotatable bonds is 11. The summed E-state index contributed by atoms with van der Waals surface area (Å²) >= 11 is 0. The fourth-order valence-electron chi connectivity index (χ4n) is 2.33. The molecule has 0 N–H and O–H groups in total. The quantitative estimate of drug-likeness (QED) is 0.383. The molecular formula is C22H34O5. The molecule has 0 unspecified atom stereocenters. The summed E-state index contributed by atoms with van der Waals surface area (Å²) in [5.74, 6) is -0.558. The summed E-state index contributed by atoms with van der Waals surface area (Å²) in [7, 11) is 0. The predicted molar refractivity (Wildman–Crippen MR) is 107 cm³/mol. The highest BCUT2D eigenvalue weighted by Crippen LogP contribution is 2.11. The number of unbranched alkanes of at least 4 members (excludes halogenated alkanes) is 3. The van der Waals surface area contributed by atoms with E-state index in [1.54, 1.807) is 38.1 Å². The maximum atomic E-state index is 11.5. The van der Waals surface area contributed by atoms with Crippen molar-refractivity contribution in [3.8, 4) is 0 Å². The summed E-state index contributed by atoms with van der Waals surface area (Å²) in [5.41, 5.74) is 0.477. The zero-order valence-corrected chi connectivity index (χ0v) is 17.2. The van der Waals surface area contributed by atoms with Crippen LogP contribution < -0.4 is 0 Å². The molecular weight excluding hydrogens is 344 g/mol. The molecule has 0 fully saturated rings. The molecule has 0 radical (unpaired) electrons. The minimum absolute atomic E-state index is 0.239. The molecule has 0 saturated carbocycles. The molecule has 5 heteroatoms. The smallest absolute Gasteiger partial charge is 0.338 e. The SMILES string of the molecule is CCCCCC(=O)CCCC.CCOC(=O)c1ccccc1C(=O)OCC. The molecule has 0 aliphatic rings. The molecule has 27 heavy (non-hydrogen) atoms. The Labute approximate surface area is 163 Å². The molecule has 152 valence electrons. The van der Waals surface area contributed by atoms with Crippen LogP contribution in [0, 0.1) is 0 Å². The van der Waals surface area contributed by atoms with Crippen LogP contribution in [0.5, 0.6) is 0 Å². The van der Waals surface area contributed by atoms with Gasteiger partial charge in [-0.2, -0.15) is 0 Å². The summed E-state index contributed by atoms with van der Waals surface area (Å²) in [4.78, 5) is 34.2. The molecule has 1 aromatic carbocycles. The van der Waals surface area contributed by atoms with Gasteiger partial charge in [-0.25, -0.2) is 9.59 Å². The Bertz CT molecular complexity index is 529. The summed E-state index contributed by atoms with van der Waals surface area (Å²) in [6, 6.07) is 6.44. The number of ether oxygens (including phenoxy) is 2. The van der Waals surface area contributed by atoms with E-state index in [1.165, 1.54) is 12.8 Å². The maximum Gasteiger partial charge on any atom is 0.338 e. The Kier molecular flexibility index (Phi) is 14.7. The van der Waals surface area contributed by atoms with Crippen LogP contribution in [0.4, 0.5) is 0 Å². The number of ketones is 1. The Morgan fingerprint density at radius 1 is 0.704 bits per heavy atom. The number of carbonyl (C=O) groups is 3. The molecule has 0 spiro atoms. The number of benzene rings is 1. The van der Waals surface area contributed by atoms with Crippen molar-refractivity contribution in [2.45, 2.75) is 72.6 Å². The van der Waals surface area contributed by atoms with E-state index in [1.807, 2.05) is 0 Å². The van der Waals surface area contributed by atoms with Gasteiger partial charge in [0.05, 0.1) is 24.3 Å². The summed E-state index contributed by atoms with van der Waals surface area (Å²) in [6.07, 6.45) is 7.34. The summed E-state index contributed by atoms with van der Waals surface area (Å²) in [6.45, 7) is 8.26. The number of carbonyl (C=O) groups excluding carboxylic acids is 3. The largest absolute Gasteiger partial charge is 0.462 e. The van der Waals surface area contributed by atoms with Gasteiger partial charge < -0.3 is 9.47 Å². The highest BCUT2D eigenvalue weighted by molar-refractivity contribution is 6.03. The summed E-state index contributed by atoms with van der Waals surface area (Å²) < 4.78 is 9.70. The molecule has 0 aliphatic heterocycles. The first-order valence-electron chi connectivity index (χ1n) is 9.96. The van der Waals surface area contributed by atoms with Gasteiger partial charge in [-0.05, 0) is 38.8 Å². The van der Waals surface area contributed by atoms with Crippen LogP contribution in [0.1, 0.15) is 93.4 Å². The van der Waals surface area contributed by atoms with Crippen LogP contribution in [0.15, 0.2) is 24.3 Å². The Morgan fingerprint density at radius 2 is 1.15 bits per heavy atom. The van der Waals surface area contributed by atoms with Crippen molar-refractivity contribution in [1.82, 2.24) is 0 Å². The van der Waals surface area contributed by atoms with Gasteiger partial charge in [0.2, 0.25) is 0 Å². The van der Waals surface area contributed by atoms with E-state index in [0.29, 0.717) is 5.78 Å². The highest BCUT2D eigenvalue weighted by atomic mass is 16.5. The van der Waals surface area contributed by atoms with E-state index < -0.39 is 11.9 Å². The number of esters is 2. The molecule has 5 nitrogen and oxygen atoms in total. The molecule has 0 saturated heterocycles. The predicted octanol–water partition coefficient (Wildman–Crippen LogP) is 5.37. The zero-order valence-electron chi connectivity index (χ0n) is 17.2. The average Bonchev–Trinajstić information content (AvgIpc) is 2.67. The van der Waals surface area contributed by atoms with E-state index in [4.69, 9.17) is 9.47 Å². The van der Waals surface area contributed by atoms with Crippen LogP contribution >= 0.6 is 0 Å². The molecule has 1 aromatic rings. The van der Waals surface area contributed by atoms with Gasteiger partial charge in [-0.3, -0.25) is 4.79 Å². The number of hydrogen-bond donors (Lipinski definition) is 0. The third-order valence-electron chi connectivity index (χ3n) is 3.79. The lowest BCUT2D eigenvalue weighted by Crippen LogP contribution is -2.13. The molecule has 1 rings (SSSR count). The van der Waals surface area contributed by atoms with E-state index >= 15 is 0 Å². The minimum atomic E-state index is -0.508. The molecule has 0 amide bonds. The molecule has 0 aliphatic carbocycles. The van der Waals surface area contributed by atoms with Gasteiger partial charge >= 0.3 is 11.9 Å². The van der Waals surface area contributed by atoms with Gasteiger partial charge in [-0.15, -0.1) is 0 Å². The third kappa shape index (κ3) is 11.2. The number of Topliss-reactive ketones (excluding diaryl/α,β-unsaturated/α-hetero) is 1. The van der Waals surface area contributed by atoms with Crippen molar-refractivity contribution in [3.05, 3.63) is 35.4 Å². The van der Waals surface area contributed by atoms with Crippen LogP contribution in [0.3, 0.4) is 0 Å². The Morgan fingerprint density at radius 3 is 1.56 bits per heavy atom. The van der Waals surface area contributed by atoms with Crippen molar-refractivity contribution in [1.29, 1.82) is 0 Å². The maximum absolute atomic E-state index is 11.5. The van der Waals surface area contributed by atoms with Crippen LogP contribution in [-0.4, -0.2) is 30.9 Å². The lowest BCUT2D eigenvalue weighted by Gasteiger charge is -2.07. The Balaban J connectivity index is 0.000000541. The lowest BCUT2D eigenvalue weighted by molar-refractivity contribution is -0.119. The van der Waals surface area contributed by atoms with E-state index in [0.717, 1.165) is 32.1 Å². The number of hydrogen-bond acceptors (Lipinski definition) is 5. The van der Waals surface area contributed by atoms with Crippen molar-refractivity contribution in [3.63, 3.8) is 0 Å². The van der Waals surface area contributed by atoms with Gasteiger partial charge in [0.1, 0.15) is 5.78 Å². The van der Waals surface area contributed by atoms with Crippen LogP contribution in [0.25, 0.3) is 0 Å². The second-order valence-corrected chi connectivity index (χ2v) is 6.09. The van der Waals surface area contributed by atoms with Crippen LogP contribution in [0.2, 0.25) is 0 Å². The highest BCUT2D eigenvalue weighted by Gasteiger charge is 2.17. The second kappa shape index (κ2) is 16.0. The molecule has 0 bridgehead atoms. The van der Waals surface area contributed by atoms with Gasteiger partial charge in [0.15, 0.2) is 0 Å². The monoisotopic (exact) mass is 378 g/mol. The molecule has 0 heterocycles. The van der Waals surface area contributed by atoms with Crippen molar-refractivity contribution in [2.24, 2.45) is 0 Å². The summed E-state index contributed by atoms with van der Waals surface area (Å²) in [5, 5.41) is 0. The third-order valence-corrected chi connectivity index (χ3v) is 3.79. The normalized spacial score (nSPS) is 9.78. The lowest BCUT2D eigenvalue weighted by atomic mass is 10.1. The van der Waals surface area contributed by atoms with Crippen LogP contribution in [-0.2, 0) is 14.3 Å². The fourth-order valence-corrected chi connectivity index (χ4v) is 2.33. The first kappa shape index (κ1) is 24.8. The minimum Gasteiger partial charge on any atom is -0.462 e. The topological polar surface area (TPSA) is 69.7 Å². The van der Waals surface area contributed by atoms with E-state index in [2.05, 4.69) is 13.8 Å². The molecule has 0 aromatic heterocycles. The standard InChI is InChI=1S/C12H14O4.C10H20O/c1-3-15-11(13)9-7-5-6-8-10(9)12(14)16-4-2;1-3-5-7-9-10(11)8-6-4-2/h5-8H,3-4H2,1-2H3;3-9H2,1-2H3. The van der Waals surface area contributed by atoms with Gasteiger partial charge in [0, 0.05) is 12.8 Å². The van der Waals surface area contributed by atoms with Crippen molar-refractivity contribution in [2.75, 3.05) is 13.2 Å². The zero-order chi connectivity index (χ0) is 20.5. The van der Waals surface area contributed by atoms with Gasteiger partial charge in [-0.1, -0.05) is 45.2 Å². The fraction of sp³-hybridized carbons (Fsp3) is 0.591. The Hall–Kier alpha value is -2.17. The van der Waals surface area contributed by atoms with Gasteiger partial charge in [0.25, 0.3) is 0 Å². The average molecular weight is 379 g/mol. The molecule has 0 atom stereocenters. The van der Waals surface area contributed by atoms with Crippen molar-refractivity contribution >= 4 is 17.7 Å². The first-order valence-corrected chi connectivity index (χ1v) is 9.96. The van der Waals surface area contributed by atoms with E-state index in [-0.39, 0.29) is 24.3 Å². The van der Waals surface area contributed by atoms with E-state index in [9.17, 15) is 14.4 Å². The van der Waals surface area contributed by atoms with Crippen molar-refractivity contribution < 1.29 is 23.9 Å². The first-order chi connectivity index (χ1) is 13.0. The second-order valence-electron chi connectivity index (χ2n) is 6.09.